The molecule has 21 heavy (non-hydrogen) atoms. The van der Waals surface area contributed by atoms with E-state index in [0.717, 1.165) is 0 Å². The maximum absolute atomic E-state index is 12.2. The van der Waals surface area contributed by atoms with Crippen LogP contribution < -0.4 is 0 Å². The van der Waals surface area contributed by atoms with Crippen LogP contribution in [0.25, 0.3) is 0 Å². The van der Waals surface area contributed by atoms with Crippen molar-refractivity contribution in [2.45, 2.75) is 59.3 Å². The summed E-state index contributed by atoms with van der Waals surface area (Å²) in [5.74, 6) is -0.887. The zero-order valence-corrected chi connectivity index (χ0v) is 14.0. The third-order valence-corrected chi connectivity index (χ3v) is 3.33. The number of rotatable bonds is 2. The van der Waals surface area contributed by atoms with Gasteiger partial charge in [0.1, 0.15) is 0 Å². The standard InChI is InChI=1S/C17H26O4/c1-8-21-15(20)10-9-11(16(2,3)4)13(18)14(19)12(10)17(5,6)7/h9,18-19H,8H2,1-7H3. The summed E-state index contributed by atoms with van der Waals surface area (Å²) in [4.78, 5) is 12.2. The van der Waals surface area contributed by atoms with Crippen LogP contribution in [0.1, 0.15) is 70.0 Å². The van der Waals surface area contributed by atoms with Crippen molar-refractivity contribution in [3.8, 4) is 11.5 Å². The second kappa shape index (κ2) is 5.58. The average Bonchev–Trinajstić information content (AvgIpc) is 2.29. The second-order valence-electron chi connectivity index (χ2n) is 7.26. The number of aromatic hydroxyl groups is 2. The molecule has 4 heteroatoms. The minimum Gasteiger partial charge on any atom is -0.504 e. The topological polar surface area (TPSA) is 66.8 Å². The van der Waals surface area contributed by atoms with E-state index in [0.29, 0.717) is 16.7 Å². The van der Waals surface area contributed by atoms with Crippen molar-refractivity contribution in [3.05, 3.63) is 22.8 Å². The summed E-state index contributed by atoms with van der Waals surface area (Å²) in [7, 11) is 0. The predicted molar refractivity (Wildman–Crippen MR) is 83.1 cm³/mol. The molecule has 0 amide bonds. The van der Waals surface area contributed by atoms with E-state index < -0.39 is 16.8 Å². The highest BCUT2D eigenvalue weighted by atomic mass is 16.5. The Hall–Kier alpha value is -1.71. The summed E-state index contributed by atoms with van der Waals surface area (Å²) in [6.45, 7) is 13.4. The predicted octanol–water partition coefficient (Wildman–Crippen LogP) is 3.87. The highest BCUT2D eigenvalue weighted by Gasteiger charge is 2.32. The molecular formula is C17H26O4. The smallest absolute Gasteiger partial charge is 0.338 e. The molecule has 0 bridgehead atoms. The molecule has 0 fully saturated rings. The second-order valence-corrected chi connectivity index (χ2v) is 7.26. The minimum absolute atomic E-state index is 0.166. The van der Waals surface area contributed by atoms with Crippen molar-refractivity contribution in [2.24, 2.45) is 0 Å². The number of benzene rings is 1. The fourth-order valence-electron chi connectivity index (χ4n) is 2.36. The molecule has 0 saturated carbocycles. The Bertz CT molecular complexity index is 545. The Kier molecular flexibility index (Phi) is 4.61. The van der Waals surface area contributed by atoms with Crippen LogP contribution >= 0.6 is 0 Å². The van der Waals surface area contributed by atoms with E-state index in [1.807, 2.05) is 41.5 Å². The van der Waals surface area contributed by atoms with E-state index >= 15 is 0 Å². The van der Waals surface area contributed by atoms with Crippen LogP contribution in [0.4, 0.5) is 0 Å². The Morgan fingerprint density at radius 1 is 1.05 bits per heavy atom. The van der Waals surface area contributed by atoms with Gasteiger partial charge in [-0.25, -0.2) is 4.79 Å². The minimum atomic E-state index is -0.500. The number of ether oxygens (including phenoxy) is 1. The molecule has 0 radical (unpaired) electrons. The van der Waals surface area contributed by atoms with E-state index in [1.165, 1.54) is 0 Å². The van der Waals surface area contributed by atoms with Crippen LogP contribution in [0.15, 0.2) is 6.07 Å². The molecule has 0 aliphatic rings. The highest BCUT2D eigenvalue weighted by Crippen LogP contribution is 2.45. The first-order valence-electron chi connectivity index (χ1n) is 7.18. The Labute approximate surface area is 126 Å². The van der Waals surface area contributed by atoms with Gasteiger partial charge < -0.3 is 14.9 Å². The Morgan fingerprint density at radius 2 is 1.57 bits per heavy atom. The van der Waals surface area contributed by atoms with Crippen LogP contribution in [0.5, 0.6) is 11.5 Å². The summed E-state index contributed by atoms with van der Waals surface area (Å²) in [5, 5.41) is 20.7. The lowest BCUT2D eigenvalue weighted by Gasteiger charge is -2.28. The van der Waals surface area contributed by atoms with Gasteiger partial charge in [-0.05, 0) is 23.8 Å². The van der Waals surface area contributed by atoms with Gasteiger partial charge in [0.15, 0.2) is 11.5 Å². The number of esters is 1. The van der Waals surface area contributed by atoms with Crippen molar-refractivity contribution >= 4 is 5.97 Å². The van der Waals surface area contributed by atoms with Gasteiger partial charge in [-0.1, -0.05) is 41.5 Å². The van der Waals surface area contributed by atoms with E-state index in [4.69, 9.17) is 4.74 Å². The van der Waals surface area contributed by atoms with E-state index in [9.17, 15) is 15.0 Å². The summed E-state index contributed by atoms with van der Waals surface area (Å²) >= 11 is 0. The van der Waals surface area contributed by atoms with Gasteiger partial charge in [-0.3, -0.25) is 0 Å². The third kappa shape index (κ3) is 3.49. The molecular weight excluding hydrogens is 268 g/mol. The fraction of sp³-hybridized carbons (Fsp3) is 0.588. The number of carbonyl (C=O) groups is 1. The number of hydrogen-bond donors (Lipinski definition) is 2. The number of hydrogen-bond acceptors (Lipinski definition) is 4. The lowest BCUT2D eigenvalue weighted by Crippen LogP contribution is -2.21. The molecule has 1 rings (SSSR count). The normalized spacial score (nSPS) is 12.3. The monoisotopic (exact) mass is 294 g/mol. The molecule has 0 aliphatic heterocycles. The molecule has 4 nitrogen and oxygen atoms in total. The van der Waals surface area contributed by atoms with E-state index in [-0.39, 0.29) is 18.1 Å². The van der Waals surface area contributed by atoms with E-state index in [1.54, 1.807) is 13.0 Å². The zero-order valence-electron chi connectivity index (χ0n) is 14.0. The quantitative estimate of drug-likeness (QED) is 0.642. The van der Waals surface area contributed by atoms with E-state index in [2.05, 4.69) is 0 Å². The van der Waals surface area contributed by atoms with Gasteiger partial charge in [-0.15, -0.1) is 0 Å². The maximum atomic E-state index is 12.2. The number of phenols is 2. The average molecular weight is 294 g/mol. The van der Waals surface area contributed by atoms with Crippen molar-refractivity contribution in [2.75, 3.05) is 6.61 Å². The number of phenolic OH excluding ortho intramolecular Hbond substituents is 2. The molecule has 0 aromatic heterocycles. The van der Waals surface area contributed by atoms with Crippen LogP contribution in [-0.2, 0) is 15.6 Å². The van der Waals surface area contributed by atoms with Crippen LogP contribution in [0, 0.1) is 0 Å². The van der Waals surface area contributed by atoms with Crippen molar-refractivity contribution in [1.29, 1.82) is 0 Å². The van der Waals surface area contributed by atoms with Gasteiger partial charge in [0.2, 0.25) is 0 Å². The molecule has 0 unspecified atom stereocenters. The first-order chi connectivity index (χ1) is 9.41. The molecule has 1 aromatic rings. The molecule has 118 valence electrons. The third-order valence-electron chi connectivity index (χ3n) is 3.33. The number of carbonyl (C=O) groups excluding carboxylic acids is 1. The molecule has 1 aromatic carbocycles. The largest absolute Gasteiger partial charge is 0.504 e. The SMILES string of the molecule is CCOC(=O)c1cc(C(C)(C)C)c(O)c(O)c1C(C)(C)C. The lowest BCUT2D eigenvalue weighted by atomic mass is 9.78. The Morgan fingerprint density at radius 3 is 1.95 bits per heavy atom. The Balaban J connectivity index is 3.73. The van der Waals surface area contributed by atoms with Gasteiger partial charge in [0.05, 0.1) is 12.2 Å². The van der Waals surface area contributed by atoms with Crippen LogP contribution in [0.3, 0.4) is 0 Å². The van der Waals surface area contributed by atoms with Crippen molar-refractivity contribution in [3.63, 3.8) is 0 Å². The first kappa shape index (κ1) is 17.3. The summed E-state index contributed by atoms with van der Waals surface area (Å²) in [6.07, 6.45) is 0. The molecule has 0 heterocycles. The van der Waals surface area contributed by atoms with Gasteiger partial charge in [0.25, 0.3) is 0 Å². The van der Waals surface area contributed by atoms with Gasteiger partial charge >= 0.3 is 5.97 Å². The van der Waals surface area contributed by atoms with Crippen molar-refractivity contribution in [1.82, 2.24) is 0 Å². The molecule has 0 atom stereocenters. The van der Waals surface area contributed by atoms with Crippen LogP contribution in [-0.4, -0.2) is 22.8 Å². The van der Waals surface area contributed by atoms with Gasteiger partial charge in [0, 0.05) is 11.1 Å². The first-order valence-corrected chi connectivity index (χ1v) is 7.18. The summed E-state index contributed by atoms with van der Waals surface area (Å²) in [6, 6.07) is 1.63. The maximum Gasteiger partial charge on any atom is 0.338 e. The lowest BCUT2D eigenvalue weighted by molar-refractivity contribution is 0.0522. The van der Waals surface area contributed by atoms with Crippen molar-refractivity contribution < 1.29 is 19.7 Å². The molecule has 2 N–H and O–H groups in total. The molecule has 0 aliphatic carbocycles. The fourth-order valence-corrected chi connectivity index (χ4v) is 2.36. The van der Waals surface area contributed by atoms with Crippen LogP contribution in [0.2, 0.25) is 0 Å². The van der Waals surface area contributed by atoms with Gasteiger partial charge in [-0.2, -0.15) is 0 Å². The molecule has 0 spiro atoms. The molecule has 0 saturated heterocycles. The zero-order chi connectivity index (χ0) is 16.6. The highest BCUT2D eigenvalue weighted by molar-refractivity contribution is 5.93. The summed E-state index contributed by atoms with van der Waals surface area (Å²) in [5.41, 5.74) is 0.339. The summed E-state index contributed by atoms with van der Waals surface area (Å²) < 4.78 is 5.09.